The molecule has 1 amide bonds. The minimum absolute atomic E-state index is 0.113. The minimum Gasteiger partial charge on any atom is -0.342 e. The van der Waals surface area contributed by atoms with Gasteiger partial charge in [-0.25, -0.2) is 4.68 Å². The third-order valence-corrected chi connectivity index (χ3v) is 5.95. The van der Waals surface area contributed by atoms with Gasteiger partial charge in [-0.15, -0.1) is 5.10 Å². The molecule has 0 N–H and O–H groups in total. The van der Waals surface area contributed by atoms with Crippen LogP contribution in [-0.2, 0) is 4.79 Å². The van der Waals surface area contributed by atoms with Gasteiger partial charge in [0.15, 0.2) is 0 Å². The Hall–Kier alpha value is -1.89. The lowest BCUT2D eigenvalue weighted by atomic mass is 10.1. The maximum Gasteiger partial charge on any atom is 0.240 e. The maximum atomic E-state index is 13.1. The smallest absolute Gasteiger partial charge is 0.240 e. The summed E-state index contributed by atoms with van der Waals surface area (Å²) in [5.41, 5.74) is 0.991. The zero-order valence-electron chi connectivity index (χ0n) is 14.8. The largest absolute Gasteiger partial charge is 0.342 e. The van der Waals surface area contributed by atoms with E-state index in [1.165, 1.54) is 24.6 Å². The molecule has 134 valence electrons. The number of carbonyl (C=O) groups is 1. The number of nitrogens with zero attached hydrogens (tertiary/aromatic N) is 5. The van der Waals surface area contributed by atoms with Crippen LogP contribution in [0, 0.1) is 0 Å². The van der Waals surface area contributed by atoms with Crippen molar-refractivity contribution in [1.82, 2.24) is 25.1 Å². The Balaban J connectivity index is 1.88. The van der Waals surface area contributed by atoms with Crippen LogP contribution in [0.25, 0.3) is 0 Å². The van der Waals surface area contributed by atoms with E-state index in [0.717, 1.165) is 23.6 Å². The Morgan fingerprint density at radius 1 is 1.24 bits per heavy atom. The molecule has 0 radical (unpaired) electrons. The summed E-state index contributed by atoms with van der Waals surface area (Å²) < 4.78 is 1.92. The number of amides is 1. The van der Waals surface area contributed by atoms with Crippen LogP contribution in [0.3, 0.4) is 0 Å². The Labute approximate surface area is 153 Å². The van der Waals surface area contributed by atoms with E-state index < -0.39 is 0 Å². The normalized spacial score (nSPS) is 16.1. The first-order valence-corrected chi connectivity index (χ1v) is 9.90. The van der Waals surface area contributed by atoms with Crippen LogP contribution < -0.4 is 0 Å². The minimum atomic E-state index is -0.327. The lowest BCUT2D eigenvalue weighted by molar-refractivity contribution is -0.130. The molecule has 0 saturated heterocycles. The predicted octanol–water partition coefficient (Wildman–Crippen LogP) is 3.49. The van der Waals surface area contributed by atoms with Crippen molar-refractivity contribution in [2.75, 3.05) is 13.1 Å². The van der Waals surface area contributed by atoms with Crippen LogP contribution in [0.15, 0.2) is 35.5 Å². The first-order chi connectivity index (χ1) is 12.2. The number of thioether (sulfide) groups is 1. The van der Waals surface area contributed by atoms with Crippen molar-refractivity contribution in [3.8, 4) is 0 Å². The Morgan fingerprint density at radius 2 is 1.92 bits per heavy atom. The molecular formula is C18H25N5OS. The second-order valence-corrected chi connectivity index (χ2v) is 7.34. The fourth-order valence-corrected chi connectivity index (χ4v) is 4.47. The summed E-state index contributed by atoms with van der Waals surface area (Å²) >= 11 is 1.46. The Kier molecular flexibility index (Phi) is 6.07. The van der Waals surface area contributed by atoms with Gasteiger partial charge >= 0.3 is 0 Å². The zero-order chi connectivity index (χ0) is 17.6. The number of likely N-dealkylation sites (N-methyl/N-ethyl adjacent to an activating group) is 1. The topological polar surface area (TPSA) is 63.9 Å². The van der Waals surface area contributed by atoms with Gasteiger partial charge in [0.2, 0.25) is 11.1 Å². The maximum absolute atomic E-state index is 13.1. The zero-order valence-corrected chi connectivity index (χ0v) is 15.7. The quantitative estimate of drug-likeness (QED) is 0.708. The van der Waals surface area contributed by atoms with E-state index in [1.54, 1.807) is 0 Å². The lowest BCUT2D eigenvalue weighted by Crippen LogP contribution is -2.34. The summed E-state index contributed by atoms with van der Waals surface area (Å²) in [7, 11) is 0. The van der Waals surface area contributed by atoms with E-state index in [9.17, 15) is 4.79 Å². The third kappa shape index (κ3) is 4.03. The number of benzene rings is 1. The second kappa shape index (κ2) is 8.47. The number of carbonyl (C=O) groups excluding carboxylic acids is 1. The highest BCUT2D eigenvalue weighted by Crippen LogP contribution is 2.38. The molecule has 1 saturated carbocycles. The summed E-state index contributed by atoms with van der Waals surface area (Å²) in [5, 5.41) is 12.7. The molecule has 6 nitrogen and oxygen atoms in total. The average Bonchev–Trinajstić information content (AvgIpc) is 3.32. The van der Waals surface area contributed by atoms with E-state index in [0.29, 0.717) is 19.1 Å². The SMILES string of the molecule is CCN(CC)C(=O)C(Sc1nnnn1C1CCCC1)c1ccccc1. The molecule has 0 aliphatic heterocycles. The van der Waals surface area contributed by atoms with Gasteiger partial charge in [-0.1, -0.05) is 54.9 Å². The van der Waals surface area contributed by atoms with Gasteiger partial charge in [-0.2, -0.15) is 0 Å². The Bertz CT molecular complexity index is 680. The van der Waals surface area contributed by atoms with Crippen LogP contribution in [0.4, 0.5) is 0 Å². The summed E-state index contributed by atoms with van der Waals surface area (Å²) in [6, 6.07) is 10.3. The molecule has 1 fully saturated rings. The molecule has 1 unspecified atom stereocenters. The Morgan fingerprint density at radius 3 is 2.56 bits per heavy atom. The van der Waals surface area contributed by atoms with E-state index in [-0.39, 0.29) is 11.2 Å². The monoisotopic (exact) mass is 359 g/mol. The van der Waals surface area contributed by atoms with Gasteiger partial charge in [-0.05, 0) is 42.7 Å². The summed E-state index contributed by atoms with van der Waals surface area (Å²) in [5.74, 6) is 0.113. The molecule has 0 bridgehead atoms. The van der Waals surface area contributed by atoms with Gasteiger partial charge in [0.25, 0.3) is 0 Å². The summed E-state index contributed by atoms with van der Waals surface area (Å²) in [6.45, 7) is 5.42. The van der Waals surface area contributed by atoms with Crippen LogP contribution in [-0.4, -0.2) is 44.1 Å². The summed E-state index contributed by atoms with van der Waals surface area (Å²) in [4.78, 5) is 15.0. The first kappa shape index (κ1) is 17.9. The van der Waals surface area contributed by atoms with Gasteiger partial charge in [0.05, 0.1) is 6.04 Å². The van der Waals surface area contributed by atoms with Crippen molar-refractivity contribution in [3.63, 3.8) is 0 Å². The van der Waals surface area contributed by atoms with E-state index in [4.69, 9.17) is 0 Å². The molecule has 3 rings (SSSR count). The van der Waals surface area contributed by atoms with Crippen molar-refractivity contribution in [2.24, 2.45) is 0 Å². The molecule has 2 aromatic rings. The number of hydrogen-bond acceptors (Lipinski definition) is 5. The van der Waals surface area contributed by atoms with Crippen LogP contribution >= 0.6 is 11.8 Å². The van der Waals surface area contributed by atoms with Crippen molar-refractivity contribution in [2.45, 2.75) is 56.0 Å². The number of hydrogen-bond donors (Lipinski definition) is 0. The molecule has 1 atom stereocenters. The molecule has 1 aliphatic rings. The molecule has 7 heteroatoms. The van der Waals surface area contributed by atoms with Gasteiger partial charge in [-0.3, -0.25) is 4.79 Å². The second-order valence-electron chi connectivity index (χ2n) is 6.26. The van der Waals surface area contributed by atoms with E-state index in [1.807, 2.05) is 53.8 Å². The lowest BCUT2D eigenvalue weighted by Gasteiger charge is -2.25. The van der Waals surface area contributed by atoms with E-state index >= 15 is 0 Å². The predicted molar refractivity (Wildman–Crippen MR) is 98.3 cm³/mol. The van der Waals surface area contributed by atoms with Crippen LogP contribution in [0.1, 0.15) is 56.4 Å². The highest BCUT2D eigenvalue weighted by atomic mass is 32.2. The van der Waals surface area contributed by atoms with Crippen molar-refractivity contribution < 1.29 is 4.79 Å². The van der Waals surface area contributed by atoms with Gasteiger partial charge in [0, 0.05) is 13.1 Å². The number of rotatable bonds is 7. The van der Waals surface area contributed by atoms with Gasteiger partial charge < -0.3 is 4.90 Å². The van der Waals surface area contributed by atoms with Crippen molar-refractivity contribution in [3.05, 3.63) is 35.9 Å². The molecular weight excluding hydrogens is 334 g/mol. The average molecular weight is 359 g/mol. The van der Waals surface area contributed by atoms with Crippen LogP contribution in [0.2, 0.25) is 0 Å². The summed E-state index contributed by atoms with van der Waals surface area (Å²) in [6.07, 6.45) is 4.65. The van der Waals surface area contributed by atoms with Gasteiger partial charge in [0.1, 0.15) is 5.25 Å². The fraction of sp³-hybridized carbons (Fsp3) is 0.556. The number of aromatic nitrogens is 4. The van der Waals surface area contributed by atoms with Crippen molar-refractivity contribution in [1.29, 1.82) is 0 Å². The molecule has 0 spiro atoms. The molecule has 1 aromatic heterocycles. The molecule has 1 aromatic carbocycles. The highest BCUT2D eigenvalue weighted by Gasteiger charge is 2.29. The van der Waals surface area contributed by atoms with E-state index in [2.05, 4.69) is 15.5 Å². The fourth-order valence-electron chi connectivity index (χ4n) is 3.34. The molecule has 1 aliphatic carbocycles. The standard InChI is InChI=1S/C18H25N5OS/c1-3-22(4-2)17(24)16(14-10-6-5-7-11-14)25-18-19-20-21-23(18)15-12-8-9-13-15/h5-7,10-11,15-16H,3-4,8-9,12-13H2,1-2H3. The molecule has 1 heterocycles. The number of tetrazole rings is 1. The first-order valence-electron chi connectivity index (χ1n) is 9.02. The van der Waals surface area contributed by atoms with Crippen molar-refractivity contribution >= 4 is 17.7 Å². The highest BCUT2D eigenvalue weighted by molar-refractivity contribution is 8.00. The molecule has 25 heavy (non-hydrogen) atoms. The third-order valence-electron chi connectivity index (χ3n) is 4.76. The van der Waals surface area contributed by atoms with Crippen LogP contribution in [0.5, 0.6) is 0 Å².